The van der Waals surface area contributed by atoms with Crippen LogP contribution in [-0.4, -0.2) is 41.7 Å². The molecule has 1 heterocycles. The van der Waals surface area contributed by atoms with E-state index in [1.54, 1.807) is 11.3 Å². The predicted molar refractivity (Wildman–Crippen MR) is 86.8 cm³/mol. The van der Waals surface area contributed by atoms with Crippen LogP contribution in [0.1, 0.15) is 30.2 Å². The molecule has 1 unspecified atom stereocenters. The van der Waals surface area contributed by atoms with E-state index in [0.29, 0.717) is 12.5 Å². The van der Waals surface area contributed by atoms with Crippen LogP contribution in [0.3, 0.4) is 0 Å². The van der Waals surface area contributed by atoms with E-state index < -0.39 is 0 Å². The van der Waals surface area contributed by atoms with Gasteiger partial charge in [0.15, 0.2) is 0 Å². The van der Waals surface area contributed by atoms with Crippen molar-refractivity contribution in [2.45, 2.75) is 32.4 Å². The van der Waals surface area contributed by atoms with Crippen molar-refractivity contribution in [3.63, 3.8) is 0 Å². The third kappa shape index (κ3) is 6.01. The Morgan fingerprint density at radius 2 is 2.32 bits per heavy atom. The van der Waals surface area contributed by atoms with Crippen molar-refractivity contribution in [1.82, 2.24) is 4.90 Å². The molecule has 0 bridgehead atoms. The minimum absolute atomic E-state index is 0.138. The highest BCUT2D eigenvalue weighted by Crippen LogP contribution is 2.18. The summed E-state index contributed by atoms with van der Waals surface area (Å²) < 4.78 is 0. The van der Waals surface area contributed by atoms with Crippen molar-refractivity contribution in [2.75, 3.05) is 25.7 Å². The molecule has 1 rings (SSSR count). The van der Waals surface area contributed by atoms with E-state index in [4.69, 9.17) is 5.11 Å². The summed E-state index contributed by atoms with van der Waals surface area (Å²) in [4.78, 5) is 3.78. The third-order valence-corrected chi connectivity index (χ3v) is 4.62. The van der Waals surface area contributed by atoms with Crippen LogP contribution in [0.4, 0.5) is 0 Å². The largest absolute Gasteiger partial charge is 0.395 e. The second kappa shape index (κ2) is 9.44. The fraction of sp³-hybridized carbons (Fsp3) is 0.600. The zero-order valence-corrected chi connectivity index (χ0v) is 13.6. The van der Waals surface area contributed by atoms with Crippen molar-refractivity contribution in [1.29, 1.82) is 0 Å². The number of thioether (sulfide) groups is 1. The predicted octanol–water partition coefficient (Wildman–Crippen LogP) is 3.06. The smallest absolute Gasteiger partial charge is 0.0540 e. The lowest BCUT2D eigenvalue weighted by Gasteiger charge is -2.25. The van der Waals surface area contributed by atoms with Gasteiger partial charge in [-0.2, -0.15) is 11.8 Å². The second-order valence-electron chi connectivity index (χ2n) is 4.51. The van der Waals surface area contributed by atoms with E-state index in [-0.39, 0.29) is 6.61 Å². The van der Waals surface area contributed by atoms with Gasteiger partial charge in [-0.05, 0) is 25.8 Å². The van der Waals surface area contributed by atoms with E-state index in [0.717, 1.165) is 12.1 Å². The standard InChI is InChI=1S/C15H23NOS2/c1-4-14(12-18-3)16(2)10-15-9-13(11-19-15)7-5-6-8-17/h9,11,14,17H,4,6,8,10,12H2,1-3H3. The van der Waals surface area contributed by atoms with Crippen LogP contribution < -0.4 is 0 Å². The van der Waals surface area contributed by atoms with E-state index in [2.05, 4.69) is 48.4 Å². The second-order valence-corrected chi connectivity index (χ2v) is 6.42. The van der Waals surface area contributed by atoms with Crippen LogP contribution >= 0.6 is 23.1 Å². The molecule has 106 valence electrons. The van der Waals surface area contributed by atoms with Crippen LogP contribution in [0, 0.1) is 11.8 Å². The Balaban J connectivity index is 2.55. The van der Waals surface area contributed by atoms with Gasteiger partial charge in [-0.15, -0.1) is 11.3 Å². The number of nitrogens with zero attached hydrogens (tertiary/aromatic N) is 1. The van der Waals surface area contributed by atoms with Crippen molar-refractivity contribution < 1.29 is 5.11 Å². The first-order valence-corrected chi connectivity index (χ1v) is 8.84. The highest BCUT2D eigenvalue weighted by molar-refractivity contribution is 7.98. The molecule has 0 spiro atoms. The topological polar surface area (TPSA) is 23.5 Å². The molecule has 1 aromatic rings. The number of hydrogen-bond acceptors (Lipinski definition) is 4. The number of aliphatic hydroxyl groups is 1. The van der Waals surface area contributed by atoms with Crippen molar-refractivity contribution in [3.8, 4) is 11.8 Å². The fourth-order valence-corrected chi connectivity index (χ4v) is 3.63. The Kier molecular flexibility index (Phi) is 8.24. The number of hydrogen-bond donors (Lipinski definition) is 1. The minimum atomic E-state index is 0.138. The van der Waals surface area contributed by atoms with Crippen molar-refractivity contribution >= 4 is 23.1 Å². The molecular formula is C15H23NOS2. The Morgan fingerprint density at radius 1 is 1.53 bits per heavy atom. The fourth-order valence-electron chi connectivity index (χ4n) is 1.87. The van der Waals surface area contributed by atoms with Crippen LogP contribution in [0.5, 0.6) is 0 Å². The van der Waals surface area contributed by atoms with Crippen LogP contribution in [0.2, 0.25) is 0 Å². The Hall–Kier alpha value is -0.470. The molecular weight excluding hydrogens is 274 g/mol. The number of thiophene rings is 1. The normalized spacial score (nSPS) is 12.3. The van der Waals surface area contributed by atoms with Crippen LogP contribution in [0.25, 0.3) is 0 Å². The maximum absolute atomic E-state index is 8.70. The first-order chi connectivity index (χ1) is 9.21. The number of rotatable bonds is 7. The summed E-state index contributed by atoms with van der Waals surface area (Å²) >= 11 is 3.68. The molecule has 1 atom stereocenters. The average molecular weight is 297 g/mol. The van der Waals surface area contributed by atoms with Gasteiger partial charge < -0.3 is 5.11 Å². The Morgan fingerprint density at radius 3 is 2.95 bits per heavy atom. The summed E-state index contributed by atoms with van der Waals surface area (Å²) in [5.74, 6) is 7.23. The molecule has 1 aromatic heterocycles. The maximum Gasteiger partial charge on any atom is 0.0540 e. The molecule has 0 fully saturated rings. The first kappa shape index (κ1) is 16.6. The maximum atomic E-state index is 8.70. The molecule has 1 N–H and O–H groups in total. The molecule has 4 heteroatoms. The highest BCUT2D eigenvalue weighted by Gasteiger charge is 2.13. The zero-order valence-electron chi connectivity index (χ0n) is 12.0. The average Bonchev–Trinajstić information content (AvgIpc) is 2.83. The van der Waals surface area contributed by atoms with Gasteiger partial charge in [-0.1, -0.05) is 18.8 Å². The SMILES string of the molecule is CCC(CSC)N(C)Cc1cc(C#CCCO)cs1. The molecule has 0 aromatic carbocycles. The quantitative estimate of drug-likeness (QED) is 0.783. The van der Waals surface area contributed by atoms with Gasteiger partial charge >= 0.3 is 0 Å². The lowest BCUT2D eigenvalue weighted by Crippen LogP contribution is -2.32. The zero-order chi connectivity index (χ0) is 14.1. The van der Waals surface area contributed by atoms with Gasteiger partial charge in [0, 0.05) is 40.6 Å². The molecule has 0 radical (unpaired) electrons. The molecule has 0 saturated heterocycles. The Labute approximate surface area is 125 Å². The van der Waals surface area contributed by atoms with Crippen molar-refractivity contribution in [3.05, 3.63) is 21.9 Å². The minimum Gasteiger partial charge on any atom is -0.395 e. The molecule has 2 nitrogen and oxygen atoms in total. The van der Waals surface area contributed by atoms with Gasteiger partial charge in [-0.25, -0.2) is 0 Å². The summed E-state index contributed by atoms with van der Waals surface area (Å²) in [6.45, 7) is 3.38. The summed E-state index contributed by atoms with van der Waals surface area (Å²) in [7, 11) is 2.20. The monoisotopic (exact) mass is 297 g/mol. The lowest BCUT2D eigenvalue weighted by molar-refractivity contribution is 0.250. The molecule has 0 aliphatic heterocycles. The summed E-state index contributed by atoms with van der Waals surface area (Å²) in [6.07, 6.45) is 3.90. The lowest BCUT2D eigenvalue weighted by atomic mass is 10.2. The van der Waals surface area contributed by atoms with Gasteiger partial charge in [0.25, 0.3) is 0 Å². The van der Waals surface area contributed by atoms with Crippen LogP contribution in [-0.2, 0) is 6.54 Å². The van der Waals surface area contributed by atoms with Crippen molar-refractivity contribution in [2.24, 2.45) is 0 Å². The Bertz CT molecular complexity index is 419. The molecule has 0 saturated carbocycles. The highest BCUT2D eigenvalue weighted by atomic mass is 32.2. The van der Waals surface area contributed by atoms with E-state index in [9.17, 15) is 0 Å². The summed E-state index contributed by atoms with van der Waals surface area (Å²) in [6, 6.07) is 2.80. The number of aliphatic hydroxyl groups excluding tert-OH is 1. The van der Waals surface area contributed by atoms with E-state index >= 15 is 0 Å². The van der Waals surface area contributed by atoms with Gasteiger partial charge in [-0.3, -0.25) is 4.90 Å². The molecule has 0 amide bonds. The molecule has 0 aliphatic rings. The summed E-state index contributed by atoms with van der Waals surface area (Å²) in [5.41, 5.74) is 1.07. The molecule has 19 heavy (non-hydrogen) atoms. The van der Waals surface area contributed by atoms with Gasteiger partial charge in [0.2, 0.25) is 0 Å². The van der Waals surface area contributed by atoms with Gasteiger partial charge in [0.05, 0.1) is 6.61 Å². The van der Waals surface area contributed by atoms with E-state index in [1.807, 2.05) is 11.8 Å². The first-order valence-electron chi connectivity index (χ1n) is 6.57. The summed E-state index contributed by atoms with van der Waals surface area (Å²) in [5, 5.41) is 10.8. The van der Waals surface area contributed by atoms with E-state index in [1.165, 1.54) is 17.1 Å². The molecule has 0 aliphatic carbocycles. The van der Waals surface area contributed by atoms with Crippen LogP contribution in [0.15, 0.2) is 11.4 Å². The van der Waals surface area contributed by atoms with Gasteiger partial charge in [0.1, 0.15) is 0 Å². The third-order valence-electron chi connectivity index (χ3n) is 2.98.